The highest BCUT2D eigenvalue weighted by Gasteiger charge is 2.21. The average molecular weight is 250 g/mol. The van der Waals surface area contributed by atoms with Crippen LogP contribution < -0.4 is 5.32 Å². The van der Waals surface area contributed by atoms with Crippen molar-refractivity contribution in [1.29, 1.82) is 0 Å². The molecule has 0 saturated carbocycles. The van der Waals surface area contributed by atoms with Gasteiger partial charge in [-0.1, -0.05) is 12.1 Å². The lowest BCUT2D eigenvalue weighted by Crippen LogP contribution is -2.24. The van der Waals surface area contributed by atoms with Gasteiger partial charge in [0.15, 0.2) is 0 Å². The maximum absolute atomic E-state index is 13.6. The number of hydrogen-bond acceptors (Lipinski definition) is 2. The standard InChI is InChI=1S/C15H23FN2/c1-11-6-14(7-12(2)15(11)16)10-18-5-4-13(9-18)8-17-3/h6-7,13,17H,4-5,8-10H2,1-3H3. The number of nitrogens with zero attached hydrogens (tertiary/aromatic N) is 1. The van der Waals surface area contributed by atoms with Crippen LogP contribution >= 0.6 is 0 Å². The summed E-state index contributed by atoms with van der Waals surface area (Å²) in [4.78, 5) is 2.47. The minimum Gasteiger partial charge on any atom is -0.319 e. The monoisotopic (exact) mass is 250 g/mol. The molecule has 0 radical (unpaired) electrons. The van der Waals surface area contributed by atoms with E-state index in [0.29, 0.717) is 0 Å². The number of aryl methyl sites for hydroxylation is 2. The lowest BCUT2D eigenvalue weighted by atomic mass is 10.1. The van der Waals surface area contributed by atoms with Crippen LogP contribution in [0, 0.1) is 25.6 Å². The van der Waals surface area contributed by atoms with Crippen LogP contribution in [0.4, 0.5) is 4.39 Å². The lowest BCUT2D eigenvalue weighted by Gasteiger charge is -2.17. The van der Waals surface area contributed by atoms with Crippen molar-refractivity contribution in [1.82, 2.24) is 10.2 Å². The molecule has 1 N–H and O–H groups in total. The Balaban J connectivity index is 1.98. The smallest absolute Gasteiger partial charge is 0.129 e. The van der Waals surface area contributed by atoms with Crippen molar-refractivity contribution in [3.05, 3.63) is 34.6 Å². The van der Waals surface area contributed by atoms with E-state index in [0.717, 1.165) is 43.2 Å². The zero-order valence-corrected chi connectivity index (χ0v) is 11.6. The molecule has 0 aliphatic carbocycles. The summed E-state index contributed by atoms with van der Waals surface area (Å²) in [5.74, 6) is 0.700. The van der Waals surface area contributed by atoms with Gasteiger partial charge in [-0.3, -0.25) is 4.90 Å². The van der Waals surface area contributed by atoms with E-state index in [1.165, 1.54) is 12.0 Å². The maximum Gasteiger partial charge on any atom is 0.129 e. The maximum atomic E-state index is 13.6. The molecule has 100 valence electrons. The second-order valence-corrected chi connectivity index (χ2v) is 5.49. The number of halogens is 1. The Morgan fingerprint density at radius 1 is 1.33 bits per heavy atom. The summed E-state index contributed by atoms with van der Waals surface area (Å²) < 4.78 is 13.6. The van der Waals surface area contributed by atoms with E-state index in [2.05, 4.69) is 10.2 Å². The van der Waals surface area contributed by atoms with E-state index in [1.807, 2.05) is 33.0 Å². The molecule has 3 heteroatoms. The Morgan fingerprint density at radius 3 is 2.61 bits per heavy atom. The fourth-order valence-corrected chi connectivity index (χ4v) is 2.90. The number of rotatable bonds is 4. The van der Waals surface area contributed by atoms with Crippen LogP contribution in [-0.2, 0) is 6.54 Å². The first kappa shape index (κ1) is 13.5. The van der Waals surface area contributed by atoms with Gasteiger partial charge in [0.2, 0.25) is 0 Å². The predicted molar refractivity (Wildman–Crippen MR) is 73.2 cm³/mol. The van der Waals surface area contributed by atoms with Gasteiger partial charge >= 0.3 is 0 Å². The number of benzene rings is 1. The van der Waals surface area contributed by atoms with Gasteiger partial charge in [0.25, 0.3) is 0 Å². The first-order chi connectivity index (χ1) is 8.60. The van der Waals surface area contributed by atoms with Crippen LogP contribution in [-0.4, -0.2) is 31.6 Å². The number of hydrogen-bond donors (Lipinski definition) is 1. The molecule has 0 spiro atoms. The van der Waals surface area contributed by atoms with Gasteiger partial charge in [-0.05, 0) is 63.0 Å². The van der Waals surface area contributed by atoms with Crippen LogP contribution in [0.2, 0.25) is 0 Å². The number of nitrogens with one attached hydrogen (secondary N) is 1. The molecule has 2 rings (SSSR count). The van der Waals surface area contributed by atoms with E-state index in [4.69, 9.17) is 0 Å². The van der Waals surface area contributed by atoms with Crippen LogP contribution in [0.3, 0.4) is 0 Å². The van der Waals surface area contributed by atoms with Crippen molar-refractivity contribution in [2.45, 2.75) is 26.8 Å². The van der Waals surface area contributed by atoms with Gasteiger partial charge in [-0.2, -0.15) is 0 Å². The molecule has 1 aromatic carbocycles. The van der Waals surface area contributed by atoms with Gasteiger partial charge in [0.05, 0.1) is 0 Å². The minimum absolute atomic E-state index is 0.0618. The van der Waals surface area contributed by atoms with Crippen molar-refractivity contribution in [3.8, 4) is 0 Å². The highest BCUT2D eigenvalue weighted by Crippen LogP contribution is 2.20. The molecule has 1 fully saturated rings. The van der Waals surface area contributed by atoms with E-state index in [9.17, 15) is 4.39 Å². The van der Waals surface area contributed by atoms with Crippen LogP contribution in [0.25, 0.3) is 0 Å². The van der Waals surface area contributed by atoms with Crippen molar-refractivity contribution in [2.24, 2.45) is 5.92 Å². The van der Waals surface area contributed by atoms with E-state index >= 15 is 0 Å². The summed E-state index contributed by atoms with van der Waals surface area (Å²) in [7, 11) is 2.01. The zero-order chi connectivity index (χ0) is 13.1. The molecule has 1 atom stereocenters. The molecule has 1 saturated heterocycles. The van der Waals surface area contributed by atoms with E-state index < -0.39 is 0 Å². The Hall–Kier alpha value is -0.930. The summed E-state index contributed by atoms with van der Waals surface area (Å²) in [6.07, 6.45) is 1.26. The van der Waals surface area contributed by atoms with Gasteiger partial charge in [-0.25, -0.2) is 4.39 Å². The molecule has 1 unspecified atom stereocenters. The van der Waals surface area contributed by atoms with Crippen LogP contribution in [0.15, 0.2) is 12.1 Å². The quantitative estimate of drug-likeness (QED) is 0.883. The highest BCUT2D eigenvalue weighted by molar-refractivity contribution is 5.30. The average Bonchev–Trinajstić information content (AvgIpc) is 2.74. The van der Waals surface area contributed by atoms with E-state index in [-0.39, 0.29) is 5.82 Å². The Morgan fingerprint density at radius 2 is 2.00 bits per heavy atom. The summed E-state index contributed by atoms with van der Waals surface area (Å²) in [5, 5.41) is 3.24. The van der Waals surface area contributed by atoms with Crippen molar-refractivity contribution < 1.29 is 4.39 Å². The summed E-state index contributed by atoms with van der Waals surface area (Å²) in [5.41, 5.74) is 2.75. The Labute approximate surface area is 109 Å². The molecule has 1 aliphatic rings. The fourth-order valence-electron chi connectivity index (χ4n) is 2.90. The van der Waals surface area contributed by atoms with Crippen molar-refractivity contribution in [3.63, 3.8) is 0 Å². The largest absolute Gasteiger partial charge is 0.319 e. The molecule has 1 heterocycles. The highest BCUT2D eigenvalue weighted by atomic mass is 19.1. The topological polar surface area (TPSA) is 15.3 Å². The second-order valence-electron chi connectivity index (χ2n) is 5.49. The molecule has 0 aromatic heterocycles. The third-order valence-corrected chi connectivity index (χ3v) is 3.77. The molecule has 0 bridgehead atoms. The molecule has 1 aromatic rings. The Kier molecular flexibility index (Phi) is 4.36. The van der Waals surface area contributed by atoms with Crippen LogP contribution in [0.1, 0.15) is 23.1 Å². The number of likely N-dealkylation sites (tertiary alicyclic amines) is 1. The lowest BCUT2D eigenvalue weighted by molar-refractivity contribution is 0.315. The minimum atomic E-state index is -0.0618. The fraction of sp³-hybridized carbons (Fsp3) is 0.600. The van der Waals surface area contributed by atoms with Crippen LogP contribution in [0.5, 0.6) is 0 Å². The SMILES string of the molecule is CNCC1CCN(Cc2cc(C)c(F)c(C)c2)C1. The molecule has 1 aliphatic heterocycles. The summed E-state index contributed by atoms with van der Waals surface area (Å²) in [6.45, 7) is 8.04. The van der Waals surface area contributed by atoms with E-state index in [1.54, 1.807) is 0 Å². The third kappa shape index (κ3) is 3.09. The molecular weight excluding hydrogens is 227 g/mol. The summed E-state index contributed by atoms with van der Waals surface area (Å²) >= 11 is 0. The second kappa shape index (κ2) is 5.81. The molecule has 18 heavy (non-hydrogen) atoms. The first-order valence-electron chi connectivity index (χ1n) is 6.72. The van der Waals surface area contributed by atoms with Gasteiger partial charge in [0, 0.05) is 13.1 Å². The summed E-state index contributed by atoms with van der Waals surface area (Å²) in [6, 6.07) is 3.96. The third-order valence-electron chi connectivity index (χ3n) is 3.77. The molecule has 0 amide bonds. The van der Waals surface area contributed by atoms with Crippen molar-refractivity contribution >= 4 is 0 Å². The first-order valence-corrected chi connectivity index (χ1v) is 6.72. The molecule has 2 nitrogen and oxygen atoms in total. The predicted octanol–water partition coefficient (Wildman–Crippen LogP) is 2.48. The van der Waals surface area contributed by atoms with Gasteiger partial charge in [0.1, 0.15) is 5.82 Å². The Bertz CT molecular complexity index is 394. The normalized spacial score (nSPS) is 20.6. The molecular formula is C15H23FN2. The van der Waals surface area contributed by atoms with Gasteiger partial charge in [-0.15, -0.1) is 0 Å². The van der Waals surface area contributed by atoms with Crippen molar-refractivity contribution in [2.75, 3.05) is 26.7 Å². The zero-order valence-electron chi connectivity index (χ0n) is 11.6. The van der Waals surface area contributed by atoms with Gasteiger partial charge < -0.3 is 5.32 Å².